The highest BCUT2D eigenvalue weighted by Gasteiger charge is 2.15. The van der Waals surface area contributed by atoms with E-state index in [1.54, 1.807) is 6.20 Å². The SMILES string of the molecule is Cc1ccc(N(C)c2nccnc2C(=N)N)c(C)c1. The predicted molar refractivity (Wildman–Crippen MR) is 77.0 cm³/mol. The van der Waals surface area contributed by atoms with E-state index in [0.717, 1.165) is 11.3 Å². The number of nitrogen functional groups attached to an aromatic ring is 1. The van der Waals surface area contributed by atoms with E-state index < -0.39 is 0 Å². The molecule has 0 aliphatic carbocycles. The number of aryl methyl sites for hydroxylation is 2. The van der Waals surface area contributed by atoms with Gasteiger partial charge in [0.2, 0.25) is 0 Å². The van der Waals surface area contributed by atoms with Gasteiger partial charge in [0.15, 0.2) is 5.82 Å². The number of nitrogens with zero attached hydrogens (tertiary/aromatic N) is 3. The van der Waals surface area contributed by atoms with Crippen molar-refractivity contribution < 1.29 is 0 Å². The molecule has 0 saturated heterocycles. The quantitative estimate of drug-likeness (QED) is 0.650. The lowest BCUT2D eigenvalue weighted by molar-refractivity contribution is 1.06. The Morgan fingerprint density at radius 1 is 1.21 bits per heavy atom. The zero-order valence-corrected chi connectivity index (χ0v) is 11.3. The molecule has 5 heteroatoms. The van der Waals surface area contributed by atoms with Crippen molar-refractivity contribution in [1.29, 1.82) is 5.41 Å². The number of rotatable bonds is 3. The van der Waals surface area contributed by atoms with Crippen molar-refractivity contribution in [1.82, 2.24) is 9.97 Å². The lowest BCUT2D eigenvalue weighted by Crippen LogP contribution is -2.21. The van der Waals surface area contributed by atoms with Gasteiger partial charge in [-0.3, -0.25) is 5.41 Å². The summed E-state index contributed by atoms with van der Waals surface area (Å²) in [4.78, 5) is 10.3. The first-order valence-electron chi connectivity index (χ1n) is 5.97. The second-order valence-electron chi connectivity index (χ2n) is 4.49. The first-order chi connectivity index (χ1) is 9.00. The van der Waals surface area contributed by atoms with Crippen molar-refractivity contribution in [2.75, 3.05) is 11.9 Å². The second kappa shape index (κ2) is 5.06. The molecule has 0 saturated carbocycles. The molecule has 1 aromatic carbocycles. The van der Waals surface area contributed by atoms with Crippen LogP contribution < -0.4 is 10.6 Å². The molecule has 2 rings (SSSR count). The molecule has 0 unspecified atom stereocenters. The van der Waals surface area contributed by atoms with Crippen LogP contribution >= 0.6 is 0 Å². The molecular weight excluding hydrogens is 238 g/mol. The Balaban J connectivity index is 2.50. The number of hydrogen-bond acceptors (Lipinski definition) is 4. The van der Waals surface area contributed by atoms with Gasteiger partial charge in [0.05, 0.1) is 0 Å². The van der Waals surface area contributed by atoms with Gasteiger partial charge in [-0.1, -0.05) is 17.7 Å². The molecule has 19 heavy (non-hydrogen) atoms. The summed E-state index contributed by atoms with van der Waals surface area (Å²) in [5.41, 5.74) is 9.31. The van der Waals surface area contributed by atoms with Crippen LogP contribution in [-0.4, -0.2) is 22.9 Å². The number of hydrogen-bond donors (Lipinski definition) is 2. The third kappa shape index (κ3) is 2.54. The standard InChI is InChI=1S/C14H17N5/c1-9-4-5-11(10(2)8-9)19(3)14-12(13(15)16)17-6-7-18-14/h4-8H,1-3H3,(H3,15,16). The van der Waals surface area contributed by atoms with Gasteiger partial charge < -0.3 is 10.6 Å². The fourth-order valence-corrected chi connectivity index (χ4v) is 2.06. The topological polar surface area (TPSA) is 78.9 Å². The summed E-state index contributed by atoms with van der Waals surface area (Å²) in [6.45, 7) is 4.10. The Hall–Kier alpha value is -2.43. The average molecular weight is 255 g/mol. The van der Waals surface area contributed by atoms with Gasteiger partial charge in [0, 0.05) is 25.1 Å². The molecule has 2 aromatic rings. The van der Waals surface area contributed by atoms with Crippen LogP contribution in [0.4, 0.5) is 11.5 Å². The minimum atomic E-state index is -0.0836. The van der Waals surface area contributed by atoms with Crippen LogP contribution in [-0.2, 0) is 0 Å². The number of nitrogens with one attached hydrogen (secondary N) is 1. The summed E-state index contributed by atoms with van der Waals surface area (Å²) < 4.78 is 0. The van der Waals surface area contributed by atoms with Crippen LogP contribution in [0, 0.1) is 19.3 Å². The lowest BCUT2D eigenvalue weighted by Gasteiger charge is -2.22. The molecule has 3 N–H and O–H groups in total. The summed E-state index contributed by atoms with van der Waals surface area (Å²) in [6.07, 6.45) is 3.14. The summed E-state index contributed by atoms with van der Waals surface area (Å²) >= 11 is 0. The van der Waals surface area contributed by atoms with Crippen LogP contribution in [0.3, 0.4) is 0 Å². The predicted octanol–water partition coefficient (Wildman–Crippen LogP) is 2.15. The fourth-order valence-electron chi connectivity index (χ4n) is 2.06. The molecule has 5 nitrogen and oxygen atoms in total. The van der Waals surface area contributed by atoms with Crippen LogP contribution in [0.5, 0.6) is 0 Å². The molecular formula is C14H17N5. The van der Waals surface area contributed by atoms with E-state index in [1.165, 1.54) is 11.8 Å². The van der Waals surface area contributed by atoms with Gasteiger partial charge in [-0.25, -0.2) is 9.97 Å². The number of aromatic nitrogens is 2. The van der Waals surface area contributed by atoms with Crippen LogP contribution in [0.25, 0.3) is 0 Å². The van der Waals surface area contributed by atoms with Crippen LogP contribution in [0.2, 0.25) is 0 Å². The van der Waals surface area contributed by atoms with Gasteiger partial charge in [-0.2, -0.15) is 0 Å². The van der Waals surface area contributed by atoms with Crippen molar-refractivity contribution in [3.05, 3.63) is 47.4 Å². The molecule has 1 heterocycles. The van der Waals surface area contributed by atoms with E-state index in [2.05, 4.69) is 23.0 Å². The van der Waals surface area contributed by atoms with Crippen molar-refractivity contribution in [3.63, 3.8) is 0 Å². The molecule has 0 bridgehead atoms. The Morgan fingerprint density at radius 2 is 1.89 bits per heavy atom. The smallest absolute Gasteiger partial charge is 0.162 e. The molecule has 0 aliphatic rings. The van der Waals surface area contributed by atoms with E-state index in [4.69, 9.17) is 11.1 Å². The largest absolute Gasteiger partial charge is 0.382 e. The molecule has 0 atom stereocenters. The van der Waals surface area contributed by atoms with Crippen LogP contribution in [0.15, 0.2) is 30.6 Å². The molecule has 98 valence electrons. The van der Waals surface area contributed by atoms with E-state index in [-0.39, 0.29) is 5.84 Å². The monoisotopic (exact) mass is 255 g/mol. The third-order valence-corrected chi connectivity index (χ3v) is 2.97. The fraction of sp³-hybridized carbons (Fsp3) is 0.214. The Bertz CT molecular complexity index is 621. The molecule has 0 aliphatic heterocycles. The summed E-state index contributed by atoms with van der Waals surface area (Å²) in [6, 6.07) is 6.18. The average Bonchev–Trinajstić information content (AvgIpc) is 2.38. The van der Waals surface area contributed by atoms with E-state index in [1.807, 2.05) is 31.0 Å². The Kier molecular flexibility index (Phi) is 3.46. The Morgan fingerprint density at radius 3 is 2.53 bits per heavy atom. The highest BCUT2D eigenvalue weighted by atomic mass is 15.2. The number of nitrogens with two attached hydrogens (primary N) is 1. The first-order valence-corrected chi connectivity index (χ1v) is 5.97. The zero-order chi connectivity index (χ0) is 14.0. The summed E-state index contributed by atoms with van der Waals surface area (Å²) in [5.74, 6) is 0.502. The molecule has 0 spiro atoms. The minimum Gasteiger partial charge on any atom is -0.382 e. The van der Waals surface area contributed by atoms with Crippen molar-refractivity contribution in [2.24, 2.45) is 5.73 Å². The number of amidine groups is 1. The van der Waals surface area contributed by atoms with E-state index in [9.17, 15) is 0 Å². The maximum absolute atomic E-state index is 7.57. The summed E-state index contributed by atoms with van der Waals surface area (Å²) in [5, 5.41) is 7.57. The van der Waals surface area contributed by atoms with Crippen LogP contribution in [0.1, 0.15) is 16.8 Å². The highest BCUT2D eigenvalue weighted by molar-refractivity contribution is 5.98. The normalized spacial score (nSPS) is 10.3. The molecule has 0 amide bonds. The van der Waals surface area contributed by atoms with Gasteiger partial charge in [0.25, 0.3) is 0 Å². The highest BCUT2D eigenvalue weighted by Crippen LogP contribution is 2.27. The van der Waals surface area contributed by atoms with Crippen molar-refractivity contribution >= 4 is 17.3 Å². The minimum absolute atomic E-state index is 0.0836. The van der Waals surface area contributed by atoms with Gasteiger partial charge in [-0.05, 0) is 25.5 Å². The summed E-state index contributed by atoms with van der Waals surface area (Å²) in [7, 11) is 1.90. The van der Waals surface area contributed by atoms with E-state index >= 15 is 0 Å². The molecule has 0 fully saturated rings. The van der Waals surface area contributed by atoms with Gasteiger partial charge in [-0.15, -0.1) is 0 Å². The van der Waals surface area contributed by atoms with Crippen molar-refractivity contribution in [3.8, 4) is 0 Å². The Labute approximate surface area is 112 Å². The maximum atomic E-state index is 7.57. The van der Waals surface area contributed by atoms with E-state index in [0.29, 0.717) is 11.5 Å². The first kappa shape index (κ1) is 13.0. The lowest BCUT2D eigenvalue weighted by atomic mass is 10.1. The van der Waals surface area contributed by atoms with Gasteiger partial charge in [0.1, 0.15) is 11.5 Å². The van der Waals surface area contributed by atoms with Crippen molar-refractivity contribution in [2.45, 2.75) is 13.8 Å². The third-order valence-electron chi connectivity index (χ3n) is 2.97. The number of anilines is 2. The molecule has 1 aromatic heterocycles. The zero-order valence-electron chi connectivity index (χ0n) is 11.3. The maximum Gasteiger partial charge on any atom is 0.162 e. The second-order valence-corrected chi connectivity index (χ2v) is 4.49. The number of benzene rings is 1. The molecule has 0 radical (unpaired) electrons. The van der Waals surface area contributed by atoms with Gasteiger partial charge >= 0.3 is 0 Å².